The number of oxazole rings is 1. The Morgan fingerprint density at radius 1 is 1.03 bits per heavy atom. The maximum Gasteiger partial charge on any atom is 0.339 e. The molecule has 0 unspecified atom stereocenters. The van der Waals surface area contributed by atoms with Gasteiger partial charge in [0.25, 0.3) is 10.0 Å². The lowest BCUT2D eigenvalue weighted by molar-refractivity contribution is 0.0596. The van der Waals surface area contributed by atoms with E-state index in [-0.39, 0.29) is 27.7 Å². The molecule has 0 N–H and O–H groups in total. The van der Waals surface area contributed by atoms with Crippen LogP contribution in [0.2, 0.25) is 5.02 Å². The maximum atomic E-state index is 13.8. The average molecular weight is 497 g/mol. The first kappa shape index (κ1) is 23.5. The highest BCUT2D eigenvalue weighted by molar-refractivity contribution is 7.92. The number of carbonyl (C=O) groups is 1. The van der Waals surface area contributed by atoms with E-state index in [0.717, 1.165) is 15.4 Å². The minimum Gasteiger partial charge on any atom is -0.465 e. The smallest absolute Gasteiger partial charge is 0.339 e. The zero-order valence-electron chi connectivity index (χ0n) is 18.4. The van der Waals surface area contributed by atoms with Crippen molar-refractivity contribution in [1.82, 2.24) is 4.98 Å². The second-order valence-corrected chi connectivity index (χ2v) is 9.70. The highest BCUT2D eigenvalue weighted by atomic mass is 35.5. The number of hydrogen-bond acceptors (Lipinski definition) is 6. The van der Waals surface area contributed by atoms with E-state index in [9.17, 15) is 13.2 Å². The second kappa shape index (κ2) is 9.70. The van der Waals surface area contributed by atoms with Crippen LogP contribution in [-0.2, 0) is 21.3 Å². The number of esters is 1. The summed E-state index contributed by atoms with van der Waals surface area (Å²) in [5, 5.41) is 0.226. The summed E-state index contributed by atoms with van der Waals surface area (Å²) in [6, 6.07) is 20.0. The summed E-state index contributed by atoms with van der Waals surface area (Å²) in [6.07, 6.45) is 1.40. The number of anilines is 1. The summed E-state index contributed by atoms with van der Waals surface area (Å²) in [5.41, 5.74) is 2.39. The number of methoxy groups -OCH3 is 1. The standard InChI is InChI=1S/C25H21ClN2O5S/c1-17-11-13-18(14-12-17)24-27-19(16-33-24)15-28(22-9-5-4-8-21(22)26)34(30,31)23-10-6-3-7-20(23)25(29)32-2/h3-14,16H,15H2,1-2H3. The lowest BCUT2D eigenvalue weighted by Crippen LogP contribution is -2.32. The van der Waals surface area contributed by atoms with E-state index in [1.54, 1.807) is 30.3 Å². The predicted octanol–water partition coefficient (Wildman–Crippen LogP) is 5.49. The number of aryl methyl sites for hydroxylation is 1. The summed E-state index contributed by atoms with van der Waals surface area (Å²) >= 11 is 6.38. The SMILES string of the molecule is COC(=O)c1ccccc1S(=O)(=O)N(Cc1coc(-c2ccc(C)cc2)n1)c1ccccc1Cl. The van der Waals surface area contributed by atoms with Crippen molar-refractivity contribution < 1.29 is 22.4 Å². The Bertz CT molecular complexity index is 1430. The summed E-state index contributed by atoms with van der Waals surface area (Å²) in [5.74, 6) is -0.400. The van der Waals surface area contributed by atoms with Crippen molar-refractivity contribution in [2.45, 2.75) is 18.4 Å². The predicted molar refractivity (Wildman–Crippen MR) is 129 cm³/mol. The number of benzene rings is 3. The molecule has 0 aliphatic rings. The first-order valence-electron chi connectivity index (χ1n) is 10.3. The summed E-state index contributed by atoms with van der Waals surface area (Å²) in [4.78, 5) is 16.6. The molecular weight excluding hydrogens is 476 g/mol. The van der Waals surface area contributed by atoms with Crippen molar-refractivity contribution in [2.24, 2.45) is 0 Å². The van der Waals surface area contributed by atoms with Crippen molar-refractivity contribution in [3.8, 4) is 11.5 Å². The van der Waals surface area contributed by atoms with Crippen molar-refractivity contribution in [3.63, 3.8) is 0 Å². The molecule has 1 heterocycles. The molecule has 0 bridgehead atoms. The van der Waals surface area contributed by atoms with Gasteiger partial charge in [0.2, 0.25) is 5.89 Å². The Kier molecular flexibility index (Phi) is 6.72. The summed E-state index contributed by atoms with van der Waals surface area (Å²) in [7, 11) is -3.06. The zero-order chi connectivity index (χ0) is 24.3. The highest BCUT2D eigenvalue weighted by Gasteiger charge is 2.31. The number of hydrogen-bond donors (Lipinski definition) is 0. The molecule has 3 aromatic carbocycles. The van der Waals surface area contributed by atoms with Gasteiger partial charge in [0.05, 0.1) is 29.9 Å². The fourth-order valence-electron chi connectivity index (χ4n) is 3.40. The van der Waals surface area contributed by atoms with Gasteiger partial charge >= 0.3 is 5.97 Å². The third-order valence-corrected chi connectivity index (χ3v) is 7.27. The molecule has 174 valence electrons. The lowest BCUT2D eigenvalue weighted by atomic mass is 10.1. The fourth-order valence-corrected chi connectivity index (χ4v) is 5.32. The zero-order valence-corrected chi connectivity index (χ0v) is 20.0. The number of halogens is 1. The van der Waals surface area contributed by atoms with E-state index in [0.29, 0.717) is 11.6 Å². The van der Waals surface area contributed by atoms with Crippen LogP contribution in [0.25, 0.3) is 11.5 Å². The van der Waals surface area contributed by atoms with E-state index in [1.807, 2.05) is 31.2 Å². The Morgan fingerprint density at radius 3 is 2.41 bits per heavy atom. The summed E-state index contributed by atoms with van der Waals surface area (Å²) < 4.78 is 39.2. The van der Waals surface area contributed by atoms with Gasteiger partial charge < -0.3 is 9.15 Å². The normalized spacial score (nSPS) is 11.3. The van der Waals surface area contributed by atoms with E-state index >= 15 is 0 Å². The third kappa shape index (κ3) is 4.69. The van der Waals surface area contributed by atoms with Gasteiger partial charge in [-0.15, -0.1) is 0 Å². The monoisotopic (exact) mass is 496 g/mol. The van der Waals surface area contributed by atoms with E-state index in [4.69, 9.17) is 20.8 Å². The van der Waals surface area contributed by atoms with Gasteiger partial charge in [0.1, 0.15) is 16.9 Å². The van der Waals surface area contributed by atoms with Crippen LogP contribution in [0.5, 0.6) is 0 Å². The van der Waals surface area contributed by atoms with Crippen LogP contribution in [0.1, 0.15) is 21.6 Å². The van der Waals surface area contributed by atoms with E-state index in [1.165, 1.54) is 31.6 Å². The molecule has 0 amide bonds. The van der Waals surface area contributed by atoms with E-state index < -0.39 is 16.0 Å². The summed E-state index contributed by atoms with van der Waals surface area (Å²) in [6.45, 7) is 1.81. The average Bonchev–Trinajstić information content (AvgIpc) is 3.31. The molecule has 4 rings (SSSR count). The molecule has 0 aliphatic heterocycles. The Hall–Kier alpha value is -3.62. The molecule has 1 aromatic heterocycles. The van der Waals surface area contributed by atoms with Crippen LogP contribution in [0.3, 0.4) is 0 Å². The van der Waals surface area contributed by atoms with Crippen LogP contribution in [0.4, 0.5) is 5.69 Å². The van der Waals surface area contributed by atoms with Gasteiger partial charge in [-0.2, -0.15) is 0 Å². The molecule has 9 heteroatoms. The molecule has 0 spiro atoms. The number of carbonyl (C=O) groups excluding carboxylic acids is 1. The number of rotatable bonds is 7. The number of nitrogens with zero attached hydrogens (tertiary/aromatic N) is 2. The molecule has 0 saturated carbocycles. The minimum absolute atomic E-state index is 0.0810. The minimum atomic E-state index is -4.26. The molecule has 0 radical (unpaired) electrons. The third-order valence-electron chi connectivity index (χ3n) is 5.14. The molecule has 0 atom stereocenters. The molecule has 0 saturated heterocycles. The first-order chi connectivity index (χ1) is 16.3. The highest BCUT2D eigenvalue weighted by Crippen LogP contribution is 2.33. The van der Waals surface area contributed by atoms with Gasteiger partial charge in [-0.3, -0.25) is 4.31 Å². The quantitative estimate of drug-likeness (QED) is 0.314. The van der Waals surface area contributed by atoms with E-state index in [2.05, 4.69) is 4.98 Å². The number of aromatic nitrogens is 1. The Balaban J connectivity index is 1.79. The number of ether oxygens (including phenoxy) is 1. The second-order valence-electron chi connectivity index (χ2n) is 7.46. The van der Waals surface area contributed by atoms with Crippen molar-refractivity contribution in [2.75, 3.05) is 11.4 Å². The molecule has 4 aromatic rings. The van der Waals surface area contributed by atoms with Crippen LogP contribution in [0, 0.1) is 6.92 Å². The number of sulfonamides is 1. The first-order valence-corrected chi connectivity index (χ1v) is 12.1. The van der Waals surface area contributed by atoms with Gasteiger partial charge in [-0.25, -0.2) is 18.2 Å². The Labute approximate surface area is 202 Å². The van der Waals surface area contributed by atoms with Gasteiger partial charge in [0.15, 0.2) is 0 Å². The van der Waals surface area contributed by atoms with Crippen molar-refractivity contribution >= 4 is 33.3 Å². The van der Waals surface area contributed by atoms with Crippen LogP contribution < -0.4 is 4.31 Å². The van der Waals surface area contributed by atoms with Gasteiger partial charge in [0, 0.05) is 5.56 Å². The van der Waals surface area contributed by atoms with Crippen molar-refractivity contribution in [1.29, 1.82) is 0 Å². The van der Waals surface area contributed by atoms with Gasteiger partial charge in [-0.1, -0.05) is 53.6 Å². The topological polar surface area (TPSA) is 89.7 Å². The molecule has 7 nitrogen and oxygen atoms in total. The van der Waals surface area contributed by atoms with Crippen LogP contribution in [-0.4, -0.2) is 26.5 Å². The van der Waals surface area contributed by atoms with Crippen molar-refractivity contribution in [3.05, 3.63) is 101 Å². The Morgan fingerprint density at radius 2 is 1.71 bits per heavy atom. The molecule has 34 heavy (non-hydrogen) atoms. The molecule has 0 fully saturated rings. The van der Waals surface area contributed by atoms with Gasteiger partial charge in [-0.05, 0) is 43.3 Å². The lowest BCUT2D eigenvalue weighted by Gasteiger charge is -2.25. The molecule has 0 aliphatic carbocycles. The van der Waals surface area contributed by atoms with Crippen LogP contribution in [0.15, 0.2) is 88.4 Å². The largest absolute Gasteiger partial charge is 0.465 e. The van der Waals surface area contributed by atoms with Crippen LogP contribution >= 0.6 is 11.6 Å². The maximum absolute atomic E-state index is 13.8. The fraction of sp³-hybridized carbons (Fsp3) is 0.120. The molecular formula is C25H21ClN2O5S. The number of para-hydroxylation sites is 1.